The molecule has 0 radical (unpaired) electrons. The van der Waals surface area contributed by atoms with E-state index in [2.05, 4.69) is 70.1 Å². The summed E-state index contributed by atoms with van der Waals surface area (Å²) in [6.45, 7) is 3.12. The average molecular weight is 444 g/mol. The first-order valence-corrected chi connectivity index (χ1v) is 11.6. The lowest BCUT2D eigenvalue weighted by Crippen LogP contribution is -2.06. The number of rotatable bonds is 8. The predicted octanol–water partition coefficient (Wildman–Crippen LogP) is 4.52. The standard InChI is InChI=1S/C27H30N4O2/c1-17-15-20(31-24-10-13-29-27-22(24)6-8-25(27)33)5-7-23(17)28-12-9-19-16-30-26-18(11-14-32)3-2-4-21(19)26/h2-5,7,10,13,15-16,25,28,30,32-33H,6,8-9,11-12,14H2,1H3,(H,29,31)/p+1. The Morgan fingerprint density at radius 3 is 2.88 bits per heavy atom. The van der Waals surface area contributed by atoms with Crippen LogP contribution < -0.4 is 10.6 Å². The molecule has 2 heterocycles. The molecule has 6 heteroatoms. The van der Waals surface area contributed by atoms with Crippen molar-refractivity contribution in [2.45, 2.75) is 38.7 Å². The lowest BCUT2D eigenvalue weighted by molar-refractivity contribution is 0.176. The van der Waals surface area contributed by atoms with Crippen molar-refractivity contribution in [3.63, 3.8) is 0 Å². The van der Waals surface area contributed by atoms with Crippen LogP contribution in [0.25, 0.3) is 10.9 Å². The van der Waals surface area contributed by atoms with E-state index >= 15 is 0 Å². The van der Waals surface area contributed by atoms with E-state index in [4.69, 9.17) is 5.11 Å². The van der Waals surface area contributed by atoms with Crippen LogP contribution in [0.15, 0.2) is 54.9 Å². The van der Waals surface area contributed by atoms with Gasteiger partial charge in [-0.1, -0.05) is 18.2 Å². The van der Waals surface area contributed by atoms with E-state index in [1.807, 2.05) is 6.07 Å². The van der Waals surface area contributed by atoms with Crippen LogP contribution >= 0.6 is 0 Å². The van der Waals surface area contributed by atoms with Crippen LogP contribution in [0.5, 0.6) is 0 Å². The second kappa shape index (κ2) is 9.25. The maximum atomic E-state index is 9.29. The van der Waals surface area contributed by atoms with E-state index in [1.165, 1.54) is 22.1 Å². The van der Waals surface area contributed by atoms with Crippen molar-refractivity contribution >= 4 is 28.0 Å². The number of anilines is 3. The van der Waals surface area contributed by atoms with Crippen LogP contribution in [0.1, 0.15) is 40.5 Å². The van der Waals surface area contributed by atoms with Crippen molar-refractivity contribution in [2.24, 2.45) is 0 Å². The van der Waals surface area contributed by atoms with Gasteiger partial charge < -0.3 is 25.8 Å². The molecule has 1 atom stereocenters. The number of fused-ring (bicyclic) bond motifs is 2. The second-order valence-electron chi connectivity index (χ2n) is 8.77. The van der Waals surface area contributed by atoms with Crippen molar-refractivity contribution in [3.8, 4) is 0 Å². The first-order valence-electron chi connectivity index (χ1n) is 11.6. The summed E-state index contributed by atoms with van der Waals surface area (Å²) in [6.07, 6.45) is 7.03. The molecule has 1 aliphatic rings. The van der Waals surface area contributed by atoms with Crippen LogP contribution in [0.3, 0.4) is 0 Å². The Morgan fingerprint density at radius 2 is 2.03 bits per heavy atom. The van der Waals surface area contributed by atoms with Crippen molar-refractivity contribution in [1.82, 2.24) is 9.97 Å². The number of aryl methyl sites for hydroxylation is 1. The van der Waals surface area contributed by atoms with Crippen molar-refractivity contribution in [2.75, 3.05) is 23.8 Å². The number of H-pyrrole nitrogens is 1. The zero-order valence-corrected chi connectivity index (χ0v) is 18.9. The topological polar surface area (TPSA) is 95.9 Å². The van der Waals surface area contributed by atoms with Gasteiger partial charge in [0.2, 0.25) is 0 Å². The number of aromatic nitrogens is 2. The largest absolute Gasteiger partial charge is 0.439 e. The fourth-order valence-electron chi connectivity index (χ4n) is 4.85. The lowest BCUT2D eigenvalue weighted by atomic mass is 10.1. The number of aliphatic hydroxyl groups excluding tert-OH is 1. The third kappa shape index (κ3) is 4.32. The van der Waals surface area contributed by atoms with Gasteiger partial charge in [0.15, 0.2) is 6.10 Å². The first-order chi connectivity index (χ1) is 16.1. The van der Waals surface area contributed by atoms with Crippen LogP contribution in [-0.4, -0.2) is 33.3 Å². The van der Waals surface area contributed by atoms with Gasteiger partial charge in [0.05, 0.1) is 0 Å². The summed E-state index contributed by atoms with van der Waals surface area (Å²) in [7, 11) is 0. The SMILES string of the molecule is Cc1cc(Nc2ccnc3c2CCC3[OH2+])ccc1NCCc1c[nH]c2c(CCO)cccc12. The molecule has 1 unspecified atom stereocenters. The van der Waals surface area contributed by atoms with E-state index in [0.717, 1.165) is 59.6 Å². The Bertz CT molecular complexity index is 1280. The fraction of sp³-hybridized carbons (Fsp3) is 0.296. The first kappa shape index (κ1) is 21.5. The summed E-state index contributed by atoms with van der Waals surface area (Å²) < 4.78 is 0. The summed E-state index contributed by atoms with van der Waals surface area (Å²) in [4.78, 5) is 7.80. The average Bonchev–Trinajstić information content (AvgIpc) is 3.41. The highest BCUT2D eigenvalue weighted by atomic mass is 16.3. The molecular formula is C27H31N4O2+. The van der Waals surface area contributed by atoms with Crippen LogP contribution in [0, 0.1) is 6.92 Å². The minimum atomic E-state index is -0.200. The van der Waals surface area contributed by atoms with Gasteiger partial charge in [0.1, 0.15) is 5.69 Å². The molecule has 0 saturated heterocycles. The molecule has 0 amide bonds. The van der Waals surface area contributed by atoms with E-state index in [-0.39, 0.29) is 12.7 Å². The molecule has 1 aliphatic carbocycles. The van der Waals surface area contributed by atoms with Gasteiger partial charge in [0, 0.05) is 65.5 Å². The highest BCUT2D eigenvalue weighted by Crippen LogP contribution is 2.35. The highest BCUT2D eigenvalue weighted by Gasteiger charge is 2.27. The number of para-hydroxylation sites is 1. The van der Waals surface area contributed by atoms with E-state index in [1.54, 1.807) is 6.20 Å². The Kier molecular flexibility index (Phi) is 6.03. The molecule has 170 valence electrons. The third-order valence-corrected chi connectivity index (χ3v) is 6.59. The number of aromatic amines is 1. The third-order valence-electron chi connectivity index (χ3n) is 6.59. The van der Waals surface area contributed by atoms with Gasteiger partial charge in [0.25, 0.3) is 0 Å². The zero-order valence-electron chi connectivity index (χ0n) is 18.9. The number of hydrogen-bond acceptors (Lipinski definition) is 4. The number of pyridine rings is 1. The number of nitrogens with zero attached hydrogens (tertiary/aromatic N) is 1. The quantitative estimate of drug-likeness (QED) is 0.301. The molecule has 2 aromatic heterocycles. The number of benzene rings is 2. The molecule has 0 spiro atoms. The minimum absolute atomic E-state index is 0.160. The smallest absolute Gasteiger partial charge is 0.197 e. The van der Waals surface area contributed by atoms with E-state index in [0.29, 0.717) is 6.42 Å². The molecule has 0 bridgehead atoms. The summed E-state index contributed by atoms with van der Waals surface area (Å²) in [5, 5.41) is 25.8. The van der Waals surface area contributed by atoms with Gasteiger partial charge in [-0.3, -0.25) is 4.98 Å². The van der Waals surface area contributed by atoms with Gasteiger partial charge in [-0.15, -0.1) is 0 Å². The molecular weight excluding hydrogens is 412 g/mol. The number of hydrogen-bond donors (Lipinski definition) is 4. The van der Waals surface area contributed by atoms with Gasteiger partial charge in [-0.2, -0.15) is 0 Å². The summed E-state index contributed by atoms with van der Waals surface area (Å²) in [5.41, 5.74) is 10.1. The highest BCUT2D eigenvalue weighted by molar-refractivity contribution is 5.86. The molecule has 5 rings (SSSR count). The predicted molar refractivity (Wildman–Crippen MR) is 135 cm³/mol. The molecule has 6 nitrogen and oxygen atoms in total. The number of nitrogens with one attached hydrogen (secondary N) is 3. The zero-order chi connectivity index (χ0) is 22.8. The Morgan fingerprint density at radius 1 is 1.12 bits per heavy atom. The van der Waals surface area contributed by atoms with Gasteiger partial charge in [-0.05, 0) is 67.1 Å². The maximum absolute atomic E-state index is 9.29. The van der Waals surface area contributed by atoms with Crippen LogP contribution in [0.2, 0.25) is 0 Å². The van der Waals surface area contributed by atoms with Crippen LogP contribution in [0.4, 0.5) is 17.1 Å². The van der Waals surface area contributed by atoms with E-state index < -0.39 is 0 Å². The molecule has 0 fully saturated rings. The molecule has 0 saturated carbocycles. The summed E-state index contributed by atoms with van der Waals surface area (Å²) >= 11 is 0. The van der Waals surface area contributed by atoms with Gasteiger partial charge in [-0.25, -0.2) is 0 Å². The normalized spacial score (nSPS) is 15.1. The Labute approximate surface area is 193 Å². The monoisotopic (exact) mass is 443 g/mol. The van der Waals surface area contributed by atoms with Crippen molar-refractivity contribution in [3.05, 3.63) is 82.8 Å². The number of aliphatic hydroxyl groups is 1. The van der Waals surface area contributed by atoms with E-state index in [9.17, 15) is 5.11 Å². The molecule has 4 aromatic rings. The molecule has 2 aromatic carbocycles. The second-order valence-corrected chi connectivity index (χ2v) is 8.77. The molecule has 6 N–H and O–H groups in total. The Hall–Kier alpha value is -3.35. The Balaban J connectivity index is 1.24. The fourth-order valence-corrected chi connectivity index (χ4v) is 4.85. The molecule has 33 heavy (non-hydrogen) atoms. The molecule has 0 aliphatic heterocycles. The van der Waals surface area contributed by atoms with Gasteiger partial charge >= 0.3 is 0 Å². The van der Waals surface area contributed by atoms with Crippen LogP contribution in [-0.2, 0) is 19.3 Å². The van der Waals surface area contributed by atoms with Crippen molar-refractivity contribution in [1.29, 1.82) is 0 Å². The summed E-state index contributed by atoms with van der Waals surface area (Å²) in [5.74, 6) is 0. The van der Waals surface area contributed by atoms with Crippen molar-refractivity contribution < 1.29 is 10.2 Å². The lowest BCUT2D eigenvalue weighted by Gasteiger charge is -2.14. The minimum Gasteiger partial charge on any atom is -0.439 e. The maximum Gasteiger partial charge on any atom is 0.197 e. The summed E-state index contributed by atoms with van der Waals surface area (Å²) in [6, 6.07) is 14.7.